The van der Waals surface area contributed by atoms with E-state index in [1.54, 1.807) is 19.2 Å². The molecule has 0 aromatic heterocycles. The summed E-state index contributed by atoms with van der Waals surface area (Å²) in [5.41, 5.74) is 6.36. The van der Waals surface area contributed by atoms with E-state index in [0.717, 1.165) is 5.56 Å². The molecule has 0 aliphatic rings. The van der Waals surface area contributed by atoms with Crippen molar-refractivity contribution in [2.24, 2.45) is 5.73 Å². The van der Waals surface area contributed by atoms with Gasteiger partial charge in [-0.3, -0.25) is 0 Å². The van der Waals surface area contributed by atoms with Gasteiger partial charge in [0, 0.05) is 5.56 Å². The first kappa shape index (κ1) is 10.9. The van der Waals surface area contributed by atoms with Crippen LogP contribution in [-0.2, 0) is 0 Å². The fraction of sp³-hybridized carbons (Fsp3) is 0.273. The molecule has 2 N–H and O–H groups in total. The van der Waals surface area contributed by atoms with Crippen LogP contribution < -0.4 is 10.5 Å². The molecule has 0 aliphatic carbocycles. The van der Waals surface area contributed by atoms with Crippen molar-refractivity contribution in [2.45, 2.75) is 13.0 Å². The first-order valence-electron chi connectivity index (χ1n) is 4.24. The average Bonchev–Trinajstić information content (AvgIpc) is 2.16. The summed E-state index contributed by atoms with van der Waals surface area (Å²) in [5.74, 6) is 6.42. The molecule has 1 aromatic rings. The van der Waals surface area contributed by atoms with E-state index >= 15 is 0 Å². The highest BCUT2D eigenvalue weighted by Gasteiger charge is 1.99. The molecule has 0 spiro atoms. The Morgan fingerprint density at radius 2 is 2.21 bits per heavy atom. The molecule has 0 heterocycles. The highest BCUT2D eigenvalue weighted by atomic mass is 35.5. The molecule has 0 radical (unpaired) electrons. The van der Waals surface area contributed by atoms with E-state index < -0.39 is 0 Å². The van der Waals surface area contributed by atoms with Crippen LogP contribution in [-0.4, -0.2) is 13.2 Å². The van der Waals surface area contributed by atoms with Gasteiger partial charge < -0.3 is 10.5 Å². The topological polar surface area (TPSA) is 35.2 Å². The van der Waals surface area contributed by atoms with Crippen molar-refractivity contribution in [2.75, 3.05) is 7.11 Å². The maximum Gasteiger partial charge on any atom is 0.138 e. The monoisotopic (exact) mass is 209 g/mol. The first-order valence-corrected chi connectivity index (χ1v) is 4.62. The van der Waals surface area contributed by atoms with E-state index in [-0.39, 0.29) is 6.04 Å². The van der Waals surface area contributed by atoms with E-state index in [1.165, 1.54) is 0 Å². The second-order valence-electron chi connectivity index (χ2n) is 2.91. The normalized spacial score (nSPS) is 11.4. The van der Waals surface area contributed by atoms with Gasteiger partial charge in [0.2, 0.25) is 0 Å². The van der Waals surface area contributed by atoms with Gasteiger partial charge in [-0.15, -0.1) is 0 Å². The molecule has 1 rings (SSSR count). The molecule has 0 aliphatic heterocycles. The largest absolute Gasteiger partial charge is 0.495 e. The number of ether oxygens (including phenoxy) is 1. The van der Waals surface area contributed by atoms with Crippen LogP contribution in [0.25, 0.3) is 0 Å². The zero-order valence-electron chi connectivity index (χ0n) is 8.17. The average molecular weight is 210 g/mol. The second kappa shape index (κ2) is 4.90. The van der Waals surface area contributed by atoms with Crippen LogP contribution in [0.5, 0.6) is 5.75 Å². The maximum atomic E-state index is 5.86. The summed E-state index contributed by atoms with van der Waals surface area (Å²) in [6, 6.07) is 5.25. The summed E-state index contributed by atoms with van der Waals surface area (Å²) < 4.78 is 5.06. The predicted octanol–water partition coefficient (Wildman–Crippen LogP) is 2.05. The molecule has 1 atom stereocenters. The summed E-state index contributed by atoms with van der Waals surface area (Å²) in [7, 11) is 1.57. The highest BCUT2D eigenvalue weighted by molar-refractivity contribution is 6.32. The summed E-state index contributed by atoms with van der Waals surface area (Å²) in [5, 5.41) is 0.582. The fourth-order valence-corrected chi connectivity index (χ4v) is 1.13. The van der Waals surface area contributed by atoms with Gasteiger partial charge in [-0.05, 0) is 25.1 Å². The van der Waals surface area contributed by atoms with Crippen molar-refractivity contribution in [1.82, 2.24) is 0 Å². The maximum absolute atomic E-state index is 5.86. The smallest absolute Gasteiger partial charge is 0.138 e. The minimum Gasteiger partial charge on any atom is -0.495 e. The van der Waals surface area contributed by atoms with Crippen molar-refractivity contribution in [3.8, 4) is 17.6 Å². The molecule has 2 nitrogen and oxygen atoms in total. The van der Waals surface area contributed by atoms with Crippen molar-refractivity contribution in [3.05, 3.63) is 28.8 Å². The lowest BCUT2D eigenvalue weighted by Crippen LogP contribution is -2.10. The van der Waals surface area contributed by atoms with Gasteiger partial charge in [0.25, 0.3) is 0 Å². The van der Waals surface area contributed by atoms with Crippen LogP contribution in [0, 0.1) is 11.8 Å². The fourth-order valence-electron chi connectivity index (χ4n) is 0.935. The van der Waals surface area contributed by atoms with Gasteiger partial charge in [-0.2, -0.15) is 0 Å². The number of nitrogens with two attached hydrogens (primary N) is 1. The Morgan fingerprint density at radius 1 is 1.50 bits per heavy atom. The van der Waals surface area contributed by atoms with Crippen LogP contribution in [0.1, 0.15) is 12.5 Å². The second-order valence-corrected chi connectivity index (χ2v) is 3.31. The molecular weight excluding hydrogens is 198 g/mol. The minimum atomic E-state index is -0.128. The third-order valence-electron chi connectivity index (χ3n) is 1.60. The van der Waals surface area contributed by atoms with Crippen molar-refractivity contribution in [1.29, 1.82) is 0 Å². The van der Waals surface area contributed by atoms with E-state index in [9.17, 15) is 0 Å². The minimum absolute atomic E-state index is 0.128. The number of benzene rings is 1. The van der Waals surface area contributed by atoms with Gasteiger partial charge in [0.05, 0.1) is 18.2 Å². The number of methoxy groups -OCH3 is 1. The lowest BCUT2D eigenvalue weighted by atomic mass is 10.2. The van der Waals surface area contributed by atoms with Gasteiger partial charge in [-0.1, -0.05) is 23.4 Å². The molecular formula is C11H12ClNO. The molecule has 14 heavy (non-hydrogen) atoms. The Hall–Kier alpha value is -1.17. The van der Waals surface area contributed by atoms with Crippen LogP contribution in [0.2, 0.25) is 5.02 Å². The molecule has 74 valence electrons. The zero-order chi connectivity index (χ0) is 10.6. The molecule has 0 fully saturated rings. The van der Waals surface area contributed by atoms with Gasteiger partial charge in [0.1, 0.15) is 5.75 Å². The number of rotatable bonds is 1. The van der Waals surface area contributed by atoms with Crippen LogP contribution in [0.4, 0.5) is 0 Å². The standard InChI is InChI=1S/C11H12ClNO/c1-8(13)3-4-9-5-6-10(12)11(7-9)14-2/h5-8H,13H2,1-2H3. The third-order valence-corrected chi connectivity index (χ3v) is 1.91. The van der Waals surface area contributed by atoms with E-state index in [2.05, 4.69) is 11.8 Å². The summed E-state index contributed by atoms with van der Waals surface area (Å²) in [6.07, 6.45) is 0. The van der Waals surface area contributed by atoms with Crippen LogP contribution in [0.3, 0.4) is 0 Å². The van der Waals surface area contributed by atoms with Gasteiger partial charge >= 0.3 is 0 Å². The van der Waals surface area contributed by atoms with Crippen LogP contribution >= 0.6 is 11.6 Å². The molecule has 1 aromatic carbocycles. The predicted molar refractivity (Wildman–Crippen MR) is 58.5 cm³/mol. The first-order chi connectivity index (χ1) is 6.63. The van der Waals surface area contributed by atoms with Crippen molar-refractivity contribution < 1.29 is 4.74 Å². The van der Waals surface area contributed by atoms with Gasteiger partial charge in [0.15, 0.2) is 0 Å². The molecule has 0 saturated carbocycles. The number of hydrogen-bond donors (Lipinski definition) is 1. The van der Waals surface area contributed by atoms with E-state index in [0.29, 0.717) is 10.8 Å². The van der Waals surface area contributed by atoms with E-state index in [1.807, 2.05) is 13.0 Å². The Balaban J connectivity index is 2.97. The van der Waals surface area contributed by atoms with Gasteiger partial charge in [-0.25, -0.2) is 0 Å². The summed E-state index contributed by atoms with van der Waals surface area (Å²) in [4.78, 5) is 0. The quantitative estimate of drug-likeness (QED) is 0.719. The summed E-state index contributed by atoms with van der Waals surface area (Å²) in [6.45, 7) is 1.83. The Kier molecular flexibility index (Phi) is 3.82. The third kappa shape index (κ3) is 2.95. The Bertz CT molecular complexity index is 377. The Labute approximate surface area is 89.0 Å². The van der Waals surface area contributed by atoms with E-state index in [4.69, 9.17) is 22.1 Å². The Morgan fingerprint density at radius 3 is 2.79 bits per heavy atom. The van der Waals surface area contributed by atoms with Crippen LogP contribution in [0.15, 0.2) is 18.2 Å². The lowest BCUT2D eigenvalue weighted by Gasteiger charge is -2.02. The summed E-state index contributed by atoms with van der Waals surface area (Å²) >= 11 is 5.86. The molecule has 0 saturated heterocycles. The highest BCUT2D eigenvalue weighted by Crippen LogP contribution is 2.24. The lowest BCUT2D eigenvalue weighted by molar-refractivity contribution is 0.415. The van der Waals surface area contributed by atoms with Crippen molar-refractivity contribution >= 4 is 11.6 Å². The number of hydrogen-bond acceptors (Lipinski definition) is 2. The molecule has 3 heteroatoms. The molecule has 0 bridgehead atoms. The van der Waals surface area contributed by atoms with Crippen molar-refractivity contribution in [3.63, 3.8) is 0 Å². The molecule has 1 unspecified atom stereocenters. The number of halogens is 1. The molecule has 0 amide bonds. The SMILES string of the molecule is COc1cc(C#CC(C)N)ccc1Cl. The zero-order valence-corrected chi connectivity index (χ0v) is 8.93.